The monoisotopic (exact) mass is 327 g/mol. The van der Waals surface area contributed by atoms with Gasteiger partial charge in [-0.1, -0.05) is 6.07 Å². The fourth-order valence-electron chi connectivity index (χ4n) is 2.08. The van der Waals surface area contributed by atoms with Crippen LogP contribution in [0.5, 0.6) is 0 Å². The standard InChI is InChI=1S/C16H21N7O/c1-3-20-15(18)12-9-21-14(7-13(12)17)23-16(24)22-10(2)11-5-4-6-19-8-11/h4-10H,3H2,1-2H3,(H2,18,20)(H4,17,21,22,23,24). The van der Waals surface area contributed by atoms with Crippen molar-refractivity contribution in [2.24, 2.45) is 0 Å². The molecular weight excluding hydrogens is 306 g/mol. The Kier molecular flexibility index (Phi) is 5.67. The van der Waals surface area contributed by atoms with E-state index < -0.39 is 6.03 Å². The van der Waals surface area contributed by atoms with Gasteiger partial charge in [-0.15, -0.1) is 0 Å². The number of carbonyl (C=O) groups excluding carboxylic acids is 1. The van der Waals surface area contributed by atoms with Gasteiger partial charge in [0.1, 0.15) is 11.7 Å². The van der Waals surface area contributed by atoms with Gasteiger partial charge in [0.05, 0.1) is 11.6 Å². The lowest BCUT2D eigenvalue weighted by atomic mass is 10.1. The van der Waals surface area contributed by atoms with Gasteiger partial charge in [-0.25, -0.2) is 9.78 Å². The maximum absolute atomic E-state index is 12.1. The van der Waals surface area contributed by atoms with Crippen molar-refractivity contribution >= 4 is 23.4 Å². The summed E-state index contributed by atoms with van der Waals surface area (Å²) in [5.74, 6) is 0.514. The Morgan fingerprint density at radius 3 is 2.83 bits per heavy atom. The van der Waals surface area contributed by atoms with Crippen LogP contribution in [0.3, 0.4) is 0 Å². The number of carbonyl (C=O) groups is 1. The molecule has 6 N–H and O–H groups in total. The summed E-state index contributed by atoms with van der Waals surface area (Å²) in [5.41, 5.74) is 7.68. The zero-order valence-electron chi connectivity index (χ0n) is 13.6. The number of urea groups is 1. The molecule has 0 aliphatic rings. The quantitative estimate of drug-likeness (QED) is 0.423. The van der Waals surface area contributed by atoms with E-state index in [9.17, 15) is 4.79 Å². The molecule has 2 amide bonds. The first-order valence-electron chi connectivity index (χ1n) is 7.57. The molecule has 0 bridgehead atoms. The maximum atomic E-state index is 12.1. The SMILES string of the molecule is CCNC(=N)c1cnc(NC(=O)NC(C)c2cccnc2)cc1N. The Balaban J connectivity index is 1.99. The van der Waals surface area contributed by atoms with Crippen molar-refractivity contribution in [2.75, 3.05) is 17.6 Å². The highest BCUT2D eigenvalue weighted by molar-refractivity contribution is 6.01. The minimum atomic E-state index is -0.396. The molecule has 0 saturated carbocycles. The van der Waals surface area contributed by atoms with Crippen molar-refractivity contribution < 1.29 is 4.79 Å². The average molecular weight is 327 g/mol. The number of anilines is 2. The average Bonchev–Trinajstić information content (AvgIpc) is 2.55. The van der Waals surface area contributed by atoms with Crippen molar-refractivity contribution in [3.63, 3.8) is 0 Å². The number of amidine groups is 1. The highest BCUT2D eigenvalue weighted by Crippen LogP contribution is 2.15. The summed E-state index contributed by atoms with van der Waals surface area (Å²) in [7, 11) is 0. The van der Waals surface area contributed by atoms with E-state index in [1.165, 1.54) is 12.3 Å². The number of hydrogen-bond acceptors (Lipinski definition) is 5. The van der Waals surface area contributed by atoms with Crippen molar-refractivity contribution in [3.8, 4) is 0 Å². The smallest absolute Gasteiger partial charge is 0.320 e. The lowest BCUT2D eigenvalue weighted by Crippen LogP contribution is -2.31. The second-order valence-corrected chi connectivity index (χ2v) is 5.17. The molecule has 0 saturated heterocycles. The van der Waals surface area contributed by atoms with Crippen LogP contribution in [0, 0.1) is 5.41 Å². The summed E-state index contributed by atoms with van der Waals surface area (Å²) in [4.78, 5) is 20.2. The number of rotatable bonds is 5. The van der Waals surface area contributed by atoms with E-state index in [4.69, 9.17) is 11.1 Å². The fourth-order valence-corrected chi connectivity index (χ4v) is 2.08. The molecule has 0 radical (unpaired) electrons. The van der Waals surface area contributed by atoms with Crippen LogP contribution in [-0.4, -0.2) is 28.4 Å². The minimum Gasteiger partial charge on any atom is -0.398 e. The van der Waals surface area contributed by atoms with Gasteiger partial charge < -0.3 is 16.4 Å². The second kappa shape index (κ2) is 7.91. The van der Waals surface area contributed by atoms with E-state index in [1.807, 2.05) is 26.0 Å². The lowest BCUT2D eigenvalue weighted by molar-refractivity contribution is 0.249. The number of nitrogen functional groups attached to an aromatic ring is 1. The van der Waals surface area contributed by atoms with Gasteiger partial charge in [0.15, 0.2) is 0 Å². The van der Waals surface area contributed by atoms with E-state index in [1.54, 1.807) is 12.4 Å². The predicted molar refractivity (Wildman–Crippen MR) is 94.0 cm³/mol. The topological polar surface area (TPSA) is 129 Å². The number of nitrogens with zero attached hydrogens (tertiary/aromatic N) is 2. The summed E-state index contributed by atoms with van der Waals surface area (Å²) >= 11 is 0. The largest absolute Gasteiger partial charge is 0.398 e. The molecule has 0 aliphatic carbocycles. The summed E-state index contributed by atoms with van der Waals surface area (Å²) in [6, 6.07) is 4.63. The van der Waals surface area contributed by atoms with Crippen molar-refractivity contribution in [2.45, 2.75) is 19.9 Å². The first-order valence-corrected chi connectivity index (χ1v) is 7.57. The summed E-state index contributed by atoms with van der Waals surface area (Å²) in [6.07, 6.45) is 4.83. The molecule has 1 atom stereocenters. The lowest BCUT2D eigenvalue weighted by Gasteiger charge is -2.15. The molecule has 2 aromatic rings. The summed E-state index contributed by atoms with van der Waals surface area (Å²) in [6.45, 7) is 4.37. The van der Waals surface area contributed by atoms with Crippen LogP contribution in [0.15, 0.2) is 36.8 Å². The third-order valence-corrected chi connectivity index (χ3v) is 3.33. The molecule has 0 aliphatic heterocycles. The van der Waals surface area contributed by atoms with Crippen LogP contribution in [0.25, 0.3) is 0 Å². The van der Waals surface area contributed by atoms with Gasteiger partial charge in [-0.3, -0.25) is 15.7 Å². The molecule has 2 rings (SSSR count). The Bertz CT molecular complexity index is 718. The third kappa shape index (κ3) is 4.42. The van der Waals surface area contributed by atoms with Crippen LogP contribution < -0.4 is 21.7 Å². The zero-order valence-corrected chi connectivity index (χ0v) is 13.6. The molecule has 2 aromatic heterocycles. The van der Waals surface area contributed by atoms with Crippen LogP contribution in [0.4, 0.5) is 16.3 Å². The Hall–Kier alpha value is -3.16. The van der Waals surface area contributed by atoms with Crippen molar-refractivity contribution in [3.05, 3.63) is 47.9 Å². The van der Waals surface area contributed by atoms with Crippen LogP contribution in [0.1, 0.15) is 31.0 Å². The Morgan fingerprint density at radius 2 is 2.21 bits per heavy atom. The van der Waals surface area contributed by atoms with Crippen molar-refractivity contribution in [1.29, 1.82) is 5.41 Å². The molecule has 2 heterocycles. The number of hydrogen-bond donors (Lipinski definition) is 5. The fraction of sp³-hybridized carbons (Fsp3) is 0.250. The number of nitrogens with two attached hydrogens (primary N) is 1. The zero-order chi connectivity index (χ0) is 17.5. The molecule has 8 nitrogen and oxygen atoms in total. The normalized spacial score (nSPS) is 11.4. The first-order chi connectivity index (χ1) is 11.5. The molecule has 0 aromatic carbocycles. The van der Waals surface area contributed by atoms with E-state index in [2.05, 4.69) is 25.9 Å². The van der Waals surface area contributed by atoms with Gasteiger partial charge in [0.2, 0.25) is 0 Å². The predicted octanol–water partition coefficient (Wildman–Crippen LogP) is 1.88. The number of amides is 2. The number of pyridine rings is 2. The van der Waals surface area contributed by atoms with Gasteiger partial charge in [-0.2, -0.15) is 0 Å². The van der Waals surface area contributed by atoms with Crippen LogP contribution in [0.2, 0.25) is 0 Å². The van der Waals surface area contributed by atoms with E-state index >= 15 is 0 Å². The molecule has 0 fully saturated rings. The molecule has 126 valence electrons. The molecule has 0 spiro atoms. The highest BCUT2D eigenvalue weighted by Gasteiger charge is 2.12. The number of nitrogens with one attached hydrogen (secondary N) is 4. The first kappa shape index (κ1) is 17.2. The van der Waals surface area contributed by atoms with Gasteiger partial charge >= 0.3 is 6.03 Å². The van der Waals surface area contributed by atoms with E-state index in [0.717, 1.165) is 5.56 Å². The van der Waals surface area contributed by atoms with Gasteiger partial charge in [0.25, 0.3) is 0 Å². The molecular formula is C16H21N7O. The maximum Gasteiger partial charge on any atom is 0.320 e. The van der Waals surface area contributed by atoms with Gasteiger partial charge in [0, 0.05) is 36.9 Å². The summed E-state index contributed by atoms with van der Waals surface area (Å²) < 4.78 is 0. The minimum absolute atomic E-state index is 0.197. The van der Waals surface area contributed by atoms with E-state index in [0.29, 0.717) is 23.6 Å². The van der Waals surface area contributed by atoms with E-state index in [-0.39, 0.29) is 11.9 Å². The molecule has 8 heteroatoms. The Labute approximate surface area is 140 Å². The second-order valence-electron chi connectivity index (χ2n) is 5.17. The van der Waals surface area contributed by atoms with Crippen LogP contribution in [-0.2, 0) is 0 Å². The third-order valence-electron chi connectivity index (χ3n) is 3.33. The van der Waals surface area contributed by atoms with Crippen molar-refractivity contribution in [1.82, 2.24) is 20.6 Å². The Morgan fingerprint density at radius 1 is 1.42 bits per heavy atom. The highest BCUT2D eigenvalue weighted by atomic mass is 16.2. The summed E-state index contributed by atoms with van der Waals surface area (Å²) in [5, 5.41) is 16.1. The molecule has 24 heavy (non-hydrogen) atoms. The van der Waals surface area contributed by atoms with Gasteiger partial charge in [-0.05, 0) is 25.5 Å². The molecule has 1 unspecified atom stereocenters. The van der Waals surface area contributed by atoms with Crippen LogP contribution >= 0.6 is 0 Å². The number of aromatic nitrogens is 2.